The number of aromatic carboxylic acids is 1. The number of carbonyl (C=O) groups excluding carboxylic acids is 2. The fourth-order valence-corrected chi connectivity index (χ4v) is 3.36. The van der Waals surface area contributed by atoms with E-state index in [2.05, 4.69) is 5.32 Å². The van der Waals surface area contributed by atoms with Gasteiger partial charge >= 0.3 is 11.9 Å². The maximum absolute atomic E-state index is 13.1. The summed E-state index contributed by atoms with van der Waals surface area (Å²) in [6, 6.07) is 13.8. The largest absolute Gasteiger partial charge is 0.478 e. The summed E-state index contributed by atoms with van der Waals surface area (Å²) in [4.78, 5) is 38.2. The molecular weight excluding hydrogens is 372 g/mol. The van der Waals surface area contributed by atoms with Crippen molar-refractivity contribution in [3.05, 3.63) is 65.2 Å². The molecule has 1 aliphatic rings. The second kappa shape index (κ2) is 9.23. The normalized spacial score (nSPS) is 15.8. The highest BCUT2D eigenvalue weighted by Gasteiger charge is 2.31. The Morgan fingerprint density at radius 2 is 1.97 bits per heavy atom. The van der Waals surface area contributed by atoms with Crippen LogP contribution in [0.1, 0.15) is 34.8 Å². The van der Waals surface area contributed by atoms with Crippen LogP contribution in [0.5, 0.6) is 0 Å². The summed E-state index contributed by atoms with van der Waals surface area (Å²) in [5.41, 5.74) is 2.59. The summed E-state index contributed by atoms with van der Waals surface area (Å²) in [5, 5.41) is 12.3. The summed E-state index contributed by atoms with van der Waals surface area (Å²) < 4.78 is 5.00. The number of hydrogen-bond donors (Lipinski definition) is 2. The molecule has 0 aromatic heterocycles. The zero-order valence-electron chi connectivity index (χ0n) is 16.3. The number of anilines is 1. The van der Waals surface area contributed by atoms with Crippen LogP contribution in [0.4, 0.5) is 5.69 Å². The molecule has 1 heterocycles. The molecule has 1 atom stereocenters. The number of fused-ring (bicyclic) bond motifs is 1. The Bertz CT molecular complexity index is 897. The summed E-state index contributed by atoms with van der Waals surface area (Å²) in [6.45, 7) is 2.77. The topological polar surface area (TPSA) is 95.9 Å². The lowest BCUT2D eigenvalue weighted by Crippen LogP contribution is -2.42. The van der Waals surface area contributed by atoms with Gasteiger partial charge in [-0.05, 0) is 36.6 Å². The van der Waals surface area contributed by atoms with E-state index in [4.69, 9.17) is 4.74 Å². The number of hydrogen-bond acceptors (Lipinski definition) is 5. The molecule has 29 heavy (non-hydrogen) atoms. The zero-order valence-corrected chi connectivity index (χ0v) is 16.3. The van der Waals surface area contributed by atoms with E-state index in [1.165, 1.54) is 12.1 Å². The number of nitrogens with zero attached hydrogens (tertiary/aromatic N) is 1. The number of benzene rings is 2. The van der Waals surface area contributed by atoms with Gasteiger partial charge in [-0.1, -0.05) is 36.4 Å². The van der Waals surface area contributed by atoms with Gasteiger partial charge in [-0.3, -0.25) is 9.59 Å². The highest BCUT2D eigenvalue weighted by atomic mass is 16.5. The number of esters is 1. The fraction of sp³-hybridized carbons (Fsp3) is 0.318. The lowest BCUT2D eigenvalue weighted by Gasteiger charge is -2.24. The van der Waals surface area contributed by atoms with E-state index < -0.39 is 18.0 Å². The molecule has 0 saturated carbocycles. The van der Waals surface area contributed by atoms with Crippen molar-refractivity contribution in [2.45, 2.75) is 32.4 Å². The average molecular weight is 396 g/mol. The van der Waals surface area contributed by atoms with Crippen LogP contribution in [-0.2, 0) is 27.3 Å². The first-order chi connectivity index (χ1) is 14.0. The second-order valence-electron chi connectivity index (χ2n) is 6.88. The molecule has 152 valence electrons. The van der Waals surface area contributed by atoms with Gasteiger partial charge in [0.05, 0.1) is 18.6 Å². The van der Waals surface area contributed by atoms with Crippen molar-refractivity contribution < 1.29 is 24.2 Å². The van der Waals surface area contributed by atoms with Gasteiger partial charge in [-0.2, -0.15) is 0 Å². The Morgan fingerprint density at radius 3 is 2.66 bits per heavy atom. The molecule has 0 saturated heterocycles. The maximum Gasteiger partial charge on any atom is 0.335 e. The predicted molar refractivity (Wildman–Crippen MR) is 108 cm³/mol. The first-order valence-electron chi connectivity index (χ1n) is 9.59. The number of carboxylic acids is 1. The van der Waals surface area contributed by atoms with Crippen LogP contribution in [-0.4, -0.2) is 47.0 Å². The Morgan fingerprint density at radius 1 is 1.21 bits per heavy atom. The molecule has 0 spiro atoms. The van der Waals surface area contributed by atoms with Crippen molar-refractivity contribution in [1.29, 1.82) is 0 Å². The average Bonchev–Trinajstić information content (AvgIpc) is 2.83. The van der Waals surface area contributed by atoms with Gasteiger partial charge in [0.2, 0.25) is 5.91 Å². The van der Waals surface area contributed by atoms with Crippen LogP contribution >= 0.6 is 0 Å². The van der Waals surface area contributed by atoms with Crippen LogP contribution in [0.25, 0.3) is 0 Å². The third-order valence-corrected chi connectivity index (χ3v) is 4.85. The molecule has 0 bridgehead atoms. The quantitative estimate of drug-likeness (QED) is 0.699. The lowest BCUT2D eigenvalue weighted by molar-refractivity contribution is -0.146. The molecule has 1 amide bonds. The molecule has 2 aromatic carbocycles. The third-order valence-electron chi connectivity index (χ3n) is 4.85. The smallest absolute Gasteiger partial charge is 0.335 e. The van der Waals surface area contributed by atoms with Gasteiger partial charge in [0.25, 0.3) is 0 Å². The molecule has 0 fully saturated rings. The van der Waals surface area contributed by atoms with E-state index in [1.807, 2.05) is 30.3 Å². The number of rotatable bonds is 7. The minimum absolute atomic E-state index is 0.120. The third kappa shape index (κ3) is 5.13. The minimum Gasteiger partial charge on any atom is -0.478 e. The van der Waals surface area contributed by atoms with E-state index in [-0.39, 0.29) is 24.5 Å². The number of amides is 1. The van der Waals surface area contributed by atoms with E-state index in [1.54, 1.807) is 17.9 Å². The lowest BCUT2D eigenvalue weighted by atomic mass is 10.1. The Labute approximate surface area is 169 Å². The highest BCUT2D eigenvalue weighted by Crippen LogP contribution is 2.26. The van der Waals surface area contributed by atoms with Crippen LogP contribution in [0.2, 0.25) is 0 Å². The van der Waals surface area contributed by atoms with Gasteiger partial charge in [0.1, 0.15) is 6.04 Å². The number of carboxylic acid groups (broad SMARTS) is 1. The highest BCUT2D eigenvalue weighted by molar-refractivity contribution is 5.92. The fourth-order valence-electron chi connectivity index (χ4n) is 3.36. The molecule has 2 aromatic rings. The van der Waals surface area contributed by atoms with Crippen molar-refractivity contribution in [1.82, 2.24) is 4.90 Å². The first kappa shape index (κ1) is 20.4. The molecular formula is C22H24N2O5. The van der Waals surface area contributed by atoms with Crippen molar-refractivity contribution in [2.24, 2.45) is 0 Å². The van der Waals surface area contributed by atoms with Crippen molar-refractivity contribution in [3.63, 3.8) is 0 Å². The Hall–Kier alpha value is -3.35. The Kier molecular flexibility index (Phi) is 6.49. The van der Waals surface area contributed by atoms with E-state index in [9.17, 15) is 19.5 Å². The summed E-state index contributed by atoms with van der Waals surface area (Å²) in [7, 11) is 0. The molecule has 1 unspecified atom stereocenters. The zero-order chi connectivity index (χ0) is 20.8. The maximum atomic E-state index is 13.1. The molecule has 3 rings (SSSR count). The number of ether oxygens (including phenoxy) is 1. The summed E-state index contributed by atoms with van der Waals surface area (Å²) in [5.74, 6) is -1.73. The first-order valence-corrected chi connectivity index (χ1v) is 9.59. The number of nitrogens with one attached hydrogen (secondary N) is 1. The molecule has 7 heteroatoms. The molecule has 1 aliphatic heterocycles. The van der Waals surface area contributed by atoms with Crippen molar-refractivity contribution >= 4 is 23.5 Å². The van der Waals surface area contributed by atoms with E-state index in [0.717, 1.165) is 11.1 Å². The van der Waals surface area contributed by atoms with Crippen LogP contribution < -0.4 is 5.32 Å². The van der Waals surface area contributed by atoms with Gasteiger partial charge in [-0.15, -0.1) is 0 Å². The van der Waals surface area contributed by atoms with Gasteiger partial charge < -0.3 is 20.1 Å². The van der Waals surface area contributed by atoms with Crippen LogP contribution in [0, 0.1) is 0 Å². The van der Waals surface area contributed by atoms with Gasteiger partial charge in [-0.25, -0.2) is 4.79 Å². The Balaban J connectivity index is 1.86. The van der Waals surface area contributed by atoms with Gasteiger partial charge in [0.15, 0.2) is 0 Å². The molecule has 7 nitrogen and oxygen atoms in total. The van der Waals surface area contributed by atoms with Crippen LogP contribution in [0.3, 0.4) is 0 Å². The van der Waals surface area contributed by atoms with E-state index >= 15 is 0 Å². The number of carbonyl (C=O) groups is 3. The standard InChI is InChI=1S/C22H24N2O5/c1-2-29-20(25)13-19-21(26)24(11-10-15-6-4-3-5-7-15)14-17-9-8-16(22(27)28)12-18(17)23-19/h3-9,12,19,23H,2,10-11,13-14H2,1H3,(H,27,28). The van der Waals surface area contributed by atoms with Crippen LogP contribution in [0.15, 0.2) is 48.5 Å². The molecule has 0 aliphatic carbocycles. The summed E-state index contributed by atoms with van der Waals surface area (Å²) >= 11 is 0. The monoisotopic (exact) mass is 396 g/mol. The minimum atomic E-state index is -1.05. The molecule has 2 N–H and O–H groups in total. The predicted octanol–water partition coefficient (Wildman–Crippen LogP) is 2.70. The van der Waals surface area contributed by atoms with Gasteiger partial charge in [0, 0.05) is 18.8 Å². The summed E-state index contributed by atoms with van der Waals surface area (Å²) in [6.07, 6.45) is 0.562. The second-order valence-corrected chi connectivity index (χ2v) is 6.88. The van der Waals surface area contributed by atoms with E-state index in [0.29, 0.717) is 25.2 Å². The SMILES string of the molecule is CCOC(=O)CC1Nc2cc(C(=O)O)ccc2CN(CCc2ccccc2)C1=O. The van der Waals surface area contributed by atoms with Crippen molar-refractivity contribution in [2.75, 3.05) is 18.5 Å². The molecule has 0 radical (unpaired) electrons. The van der Waals surface area contributed by atoms with Crippen molar-refractivity contribution in [3.8, 4) is 0 Å².